The maximum absolute atomic E-state index is 5.71. The molecular formula is C9H16N2. The van der Waals surface area contributed by atoms with Crippen LogP contribution in [0, 0.1) is 0 Å². The Kier molecular flexibility index (Phi) is 2.35. The van der Waals surface area contributed by atoms with Crippen molar-refractivity contribution in [3.63, 3.8) is 0 Å². The van der Waals surface area contributed by atoms with Gasteiger partial charge < -0.3 is 10.3 Å². The number of hydrogen-bond acceptors (Lipinski definition) is 1. The summed E-state index contributed by atoms with van der Waals surface area (Å²) < 4.78 is 2.17. The molecule has 0 bridgehead atoms. The van der Waals surface area contributed by atoms with Crippen LogP contribution in [0.3, 0.4) is 0 Å². The van der Waals surface area contributed by atoms with Gasteiger partial charge in [-0.3, -0.25) is 0 Å². The fourth-order valence-corrected chi connectivity index (χ4v) is 1.02. The first-order valence-corrected chi connectivity index (χ1v) is 4.04. The minimum atomic E-state index is 0.148. The highest BCUT2D eigenvalue weighted by Gasteiger charge is 2.02. The van der Waals surface area contributed by atoms with Crippen LogP contribution in [-0.2, 0) is 0 Å². The van der Waals surface area contributed by atoms with Gasteiger partial charge in [0.15, 0.2) is 0 Å². The van der Waals surface area contributed by atoms with Crippen molar-refractivity contribution in [1.29, 1.82) is 0 Å². The van der Waals surface area contributed by atoms with E-state index in [-0.39, 0.29) is 6.04 Å². The fraction of sp³-hybridized carbons (Fsp3) is 0.556. The van der Waals surface area contributed by atoms with E-state index in [1.807, 2.05) is 6.92 Å². The summed E-state index contributed by atoms with van der Waals surface area (Å²) in [7, 11) is 0. The lowest BCUT2D eigenvalue weighted by Crippen LogP contribution is -2.04. The highest BCUT2D eigenvalue weighted by atomic mass is 15.0. The van der Waals surface area contributed by atoms with Gasteiger partial charge in [-0.05, 0) is 32.4 Å². The van der Waals surface area contributed by atoms with Crippen LogP contribution in [0.5, 0.6) is 0 Å². The molecule has 0 radical (unpaired) electrons. The molecule has 1 aromatic heterocycles. The third-order valence-electron chi connectivity index (χ3n) is 1.86. The van der Waals surface area contributed by atoms with Crippen molar-refractivity contribution in [3.05, 3.63) is 24.0 Å². The molecule has 0 aromatic carbocycles. The molecule has 11 heavy (non-hydrogen) atoms. The van der Waals surface area contributed by atoms with E-state index in [1.165, 1.54) is 5.56 Å². The molecular weight excluding hydrogens is 136 g/mol. The summed E-state index contributed by atoms with van der Waals surface area (Å²) >= 11 is 0. The van der Waals surface area contributed by atoms with Crippen molar-refractivity contribution in [3.8, 4) is 0 Å². The van der Waals surface area contributed by atoms with Crippen molar-refractivity contribution in [2.24, 2.45) is 5.73 Å². The monoisotopic (exact) mass is 152 g/mol. The number of hydrogen-bond donors (Lipinski definition) is 1. The lowest BCUT2D eigenvalue weighted by molar-refractivity contribution is 0.600. The molecule has 62 valence electrons. The molecule has 1 heterocycles. The maximum Gasteiger partial charge on any atom is 0.0281 e. The number of rotatable bonds is 2. The summed E-state index contributed by atoms with van der Waals surface area (Å²) in [5, 5.41) is 0. The van der Waals surface area contributed by atoms with E-state index >= 15 is 0 Å². The van der Waals surface area contributed by atoms with Crippen LogP contribution >= 0.6 is 0 Å². The molecule has 0 saturated carbocycles. The van der Waals surface area contributed by atoms with E-state index in [2.05, 4.69) is 36.9 Å². The van der Waals surface area contributed by atoms with E-state index in [0.29, 0.717) is 6.04 Å². The number of nitrogens with two attached hydrogens (primary N) is 1. The normalized spacial score (nSPS) is 13.9. The standard InChI is InChI=1S/C9H16N2/c1-7(2)11-5-4-9(6-11)8(3)10/h4-8H,10H2,1-3H3/t8-/m1/s1. The third kappa shape index (κ3) is 1.84. The van der Waals surface area contributed by atoms with Crippen molar-refractivity contribution in [2.75, 3.05) is 0 Å². The zero-order valence-electron chi connectivity index (χ0n) is 7.41. The number of nitrogens with zero attached hydrogens (tertiary/aromatic N) is 1. The lowest BCUT2D eigenvalue weighted by atomic mass is 10.2. The molecule has 2 heteroatoms. The minimum absolute atomic E-state index is 0.148. The Bertz CT molecular complexity index is 201. The van der Waals surface area contributed by atoms with Crippen molar-refractivity contribution < 1.29 is 0 Å². The summed E-state index contributed by atoms with van der Waals surface area (Å²) in [5.41, 5.74) is 6.92. The molecule has 0 saturated heterocycles. The molecule has 1 aromatic rings. The van der Waals surface area contributed by atoms with E-state index < -0.39 is 0 Å². The minimum Gasteiger partial charge on any atom is -0.351 e. The SMILES string of the molecule is CC(C)n1ccc([C@@H](C)N)c1. The van der Waals surface area contributed by atoms with E-state index in [9.17, 15) is 0 Å². The molecule has 1 rings (SSSR count). The second-order valence-corrected chi connectivity index (χ2v) is 3.27. The fourth-order valence-electron chi connectivity index (χ4n) is 1.02. The van der Waals surface area contributed by atoms with Crippen molar-refractivity contribution in [2.45, 2.75) is 32.9 Å². The maximum atomic E-state index is 5.71. The van der Waals surface area contributed by atoms with Gasteiger partial charge in [0, 0.05) is 24.5 Å². The highest BCUT2D eigenvalue weighted by molar-refractivity contribution is 5.14. The lowest BCUT2D eigenvalue weighted by Gasteiger charge is -2.06. The largest absolute Gasteiger partial charge is 0.351 e. The predicted octanol–water partition coefficient (Wildman–Crippen LogP) is 2.09. The number of aromatic nitrogens is 1. The zero-order valence-corrected chi connectivity index (χ0v) is 7.41. The Labute approximate surface area is 68.0 Å². The second-order valence-electron chi connectivity index (χ2n) is 3.27. The van der Waals surface area contributed by atoms with Gasteiger partial charge >= 0.3 is 0 Å². The summed E-state index contributed by atoms with van der Waals surface area (Å²) in [6.07, 6.45) is 4.18. The smallest absolute Gasteiger partial charge is 0.0281 e. The van der Waals surface area contributed by atoms with Crippen LogP contribution in [-0.4, -0.2) is 4.57 Å². The average molecular weight is 152 g/mol. The molecule has 0 spiro atoms. The predicted molar refractivity (Wildman–Crippen MR) is 47.4 cm³/mol. The molecule has 1 atom stereocenters. The molecule has 0 aliphatic heterocycles. The zero-order chi connectivity index (χ0) is 8.43. The molecule has 0 aliphatic rings. The van der Waals surface area contributed by atoms with Crippen LogP contribution < -0.4 is 5.73 Å². The Hall–Kier alpha value is -0.760. The quantitative estimate of drug-likeness (QED) is 0.691. The van der Waals surface area contributed by atoms with Crippen molar-refractivity contribution in [1.82, 2.24) is 4.57 Å². The Morgan fingerprint density at radius 3 is 2.27 bits per heavy atom. The summed E-state index contributed by atoms with van der Waals surface area (Å²) in [6.45, 7) is 6.32. The van der Waals surface area contributed by atoms with Crippen LogP contribution in [0.2, 0.25) is 0 Å². The molecule has 2 nitrogen and oxygen atoms in total. The van der Waals surface area contributed by atoms with Crippen LogP contribution in [0.1, 0.15) is 38.4 Å². The van der Waals surface area contributed by atoms with Gasteiger partial charge in [-0.2, -0.15) is 0 Å². The Morgan fingerprint density at radius 2 is 2.00 bits per heavy atom. The molecule has 0 aliphatic carbocycles. The van der Waals surface area contributed by atoms with Gasteiger partial charge in [-0.15, -0.1) is 0 Å². The van der Waals surface area contributed by atoms with Gasteiger partial charge in [0.2, 0.25) is 0 Å². The van der Waals surface area contributed by atoms with Crippen LogP contribution in [0.15, 0.2) is 18.5 Å². The highest BCUT2D eigenvalue weighted by Crippen LogP contribution is 2.13. The Balaban J connectivity index is 2.82. The van der Waals surface area contributed by atoms with E-state index in [1.54, 1.807) is 0 Å². The molecule has 0 amide bonds. The van der Waals surface area contributed by atoms with Gasteiger partial charge in [0.05, 0.1) is 0 Å². The van der Waals surface area contributed by atoms with E-state index in [4.69, 9.17) is 5.73 Å². The first-order valence-electron chi connectivity index (χ1n) is 4.04. The van der Waals surface area contributed by atoms with Gasteiger partial charge in [-0.25, -0.2) is 0 Å². The first-order chi connectivity index (χ1) is 5.11. The van der Waals surface area contributed by atoms with Gasteiger partial charge in [-0.1, -0.05) is 0 Å². The average Bonchev–Trinajstić information content (AvgIpc) is 2.33. The molecule has 0 unspecified atom stereocenters. The first kappa shape index (κ1) is 8.34. The van der Waals surface area contributed by atoms with Crippen LogP contribution in [0.25, 0.3) is 0 Å². The summed E-state index contributed by atoms with van der Waals surface area (Å²) in [6, 6.07) is 2.75. The molecule has 0 fully saturated rings. The van der Waals surface area contributed by atoms with Crippen molar-refractivity contribution >= 4 is 0 Å². The van der Waals surface area contributed by atoms with Gasteiger partial charge in [0.1, 0.15) is 0 Å². The third-order valence-corrected chi connectivity index (χ3v) is 1.86. The second kappa shape index (κ2) is 3.09. The van der Waals surface area contributed by atoms with Crippen LogP contribution in [0.4, 0.5) is 0 Å². The Morgan fingerprint density at radius 1 is 1.36 bits per heavy atom. The van der Waals surface area contributed by atoms with E-state index in [0.717, 1.165) is 0 Å². The summed E-state index contributed by atoms with van der Waals surface area (Å²) in [5.74, 6) is 0. The molecule has 2 N–H and O–H groups in total. The van der Waals surface area contributed by atoms with Gasteiger partial charge in [0.25, 0.3) is 0 Å². The summed E-state index contributed by atoms with van der Waals surface area (Å²) in [4.78, 5) is 0. The topological polar surface area (TPSA) is 30.9 Å².